The number of nitrogens with zero attached hydrogens (tertiary/aromatic N) is 3. The number of thiophene rings is 1. The summed E-state index contributed by atoms with van der Waals surface area (Å²) in [6.45, 7) is 2.60. The highest BCUT2D eigenvalue weighted by Gasteiger charge is 2.20. The number of rotatable bonds is 3. The van der Waals surface area contributed by atoms with Crippen molar-refractivity contribution in [1.29, 1.82) is 0 Å². The molecule has 1 aliphatic heterocycles. The van der Waals surface area contributed by atoms with Crippen molar-refractivity contribution in [3.63, 3.8) is 0 Å². The molecule has 20 heavy (non-hydrogen) atoms. The van der Waals surface area contributed by atoms with E-state index in [0.29, 0.717) is 18.3 Å². The van der Waals surface area contributed by atoms with Crippen LogP contribution in [0.2, 0.25) is 0 Å². The van der Waals surface area contributed by atoms with Crippen LogP contribution in [-0.4, -0.2) is 15.1 Å². The molecule has 0 bridgehead atoms. The monoisotopic (exact) mass is 283 g/mol. The average Bonchev–Trinajstić information content (AvgIpc) is 3.18. The number of hydrogen-bond acceptors (Lipinski definition) is 5. The smallest absolute Gasteiger partial charge is 0.257 e. The second kappa shape index (κ2) is 4.85. The van der Waals surface area contributed by atoms with Gasteiger partial charge >= 0.3 is 0 Å². The Hall–Kier alpha value is -1.98. The topological polar surface area (TPSA) is 42.2 Å². The average molecular weight is 283 g/mol. The molecule has 0 spiro atoms. The Morgan fingerprint density at radius 1 is 1.05 bits per heavy atom. The minimum atomic E-state index is 0.617. The zero-order valence-electron chi connectivity index (χ0n) is 10.8. The predicted molar refractivity (Wildman–Crippen MR) is 77.0 cm³/mol. The lowest BCUT2D eigenvalue weighted by Gasteiger charge is -2.10. The van der Waals surface area contributed by atoms with Crippen LogP contribution in [0, 0.1) is 0 Å². The fourth-order valence-electron chi connectivity index (χ4n) is 2.52. The van der Waals surface area contributed by atoms with Gasteiger partial charge in [0, 0.05) is 13.1 Å². The van der Waals surface area contributed by atoms with Crippen LogP contribution in [0.15, 0.2) is 46.2 Å². The van der Waals surface area contributed by atoms with Gasteiger partial charge in [-0.1, -0.05) is 30.3 Å². The summed E-state index contributed by atoms with van der Waals surface area (Å²) in [5.74, 6) is 1.30. The van der Waals surface area contributed by atoms with Crippen LogP contribution in [0.1, 0.15) is 17.0 Å². The Balaban J connectivity index is 1.49. The maximum absolute atomic E-state index is 5.74. The molecule has 3 heterocycles. The molecule has 5 heteroatoms. The summed E-state index contributed by atoms with van der Waals surface area (Å²) in [6.07, 6.45) is 0. The van der Waals surface area contributed by atoms with Crippen LogP contribution >= 0.6 is 11.3 Å². The molecule has 0 aliphatic carbocycles. The Labute approximate surface area is 120 Å². The quantitative estimate of drug-likeness (QED) is 0.739. The lowest BCUT2D eigenvalue weighted by atomic mass is 10.1. The van der Waals surface area contributed by atoms with Gasteiger partial charge in [-0.3, -0.25) is 4.90 Å². The molecule has 0 radical (unpaired) electrons. The molecule has 0 saturated heterocycles. The first-order chi connectivity index (χ1) is 9.88. The van der Waals surface area contributed by atoms with Crippen molar-refractivity contribution in [2.45, 2.75) is 19.6 Å². The first-order valence-corrected chi connectivity index (χ1v) is 7.42. The molecule has 100 valence electrons. The summed E-state index contributed by atoms with van der Waals surface area (Å²) in [5, 5.41) is 10.3. The normalized spacial score (nSPS) is 14.6. The summed E-state index contributed by atoms with van der Waals surface area (Å²) in [6, 6.07) is 12.5. The van der Waals surface area contributed by atoms with E-state index in [0.717, 1.165) is 18.0 Å². The Kier molecular flexibility index (Phi) is 2.86. The third-order valence-corrected chi connectivity index (χ3v) is 4.32. The Morgan fingerprint density at radius 2 is 1.85 bits per heavy atom. The highest BCUT2D eigenvalue weighted by Crippen LogP contribution is 2.26. The molecule has 1 aliphatic rings. The van der Waals surface area contributed by atoms with E-state index in [4.69, 9.17) is 4.42 Å². The van der Waals surface area contributed by atoms with Gasteiger partial charge in [-0.15, -0.1) is 21.5 Å². The van der Waals surface area contributed by atoms with Gasteiger partial charge in [0.05, 0.1) is 11.4 Å². The molecule has 0 atom stereocenters. The number of fused-ring (bicyclic) bond motifs is 1. The zero-order valence-corrected chi connectivity index (χ0v) is 11.6. The van der Waals surface area contributed by atoms with E-state index >= 15 is 0 Å². The maximum Gasteiger partial charge on any atom is 0.257 e. The Morgan fingerprint density at radius 3 is 2.55 bits per heavy atom. The number of benzene rings is 1. The van der Waals surface area contributed by atoms with Crippen molar-refractivity contribution in [1.82, 2.24) is 15.1 Å². The van der Waals surface area contributed by atoms with E-state index < -0.39 is 0 Å². The minimum Gasteiger partial charge on any atom is -0.419 e. The van der Waals surface area contributed by atoms with Crippen LogP contribution in [0.4, 0.5) is 0 Å². The van der Waals surface area contributed by atoms with Crippen LogP contribution < -0.4 is 0 Å². The molecule has 0 unspecified atom stereocenters. The highest BCUT2D eigenvalue weighted by atomic mass is 32.1. The van der Waals surface area contributed by atoms with E-state index in [1.54, 1.807) is 11.3 Å². The molecular weight excluding hydrogens is 270 g/mol. The van der Waals surface area contributed by atoms with Crippen molar-refractivity contribution >= 4 is 11.3 Å². The van der Waals surface area contributed by atoms with Crippen LogP contribution in [0.3, 0.4) is 0 Å². The van der Waals surface area contributed by atoms with Gasteiger partial charge in [0.15, 0.2) is 0 Å². The van der Waals surface area contributed by atoms with Gasteiger partial charge < -0.3 is 4.42 Å². The van der Waals surface area contributed by atoms with Crippen molar-refractivity contribution in [3.8, 4) is 10.8 Å². The zero-order chi connectivity index (χ0) is 13.4. The fourth-order valence-corrected chi connectivity index (χ4v) is 3.17. The predicted octanol–water partition coefficient (Wildman–Crippen LogP) is 3.31. The molecule has 0 amide bonds. The largest absolute Gasteiger partial charge is 0.419 e. The second-order valence-electron chi connectivity index (χ2n) is 4.89. The summed E-state index contributed by atoms with van der Waals surface area (Å²) in [5.41, 5.74) is 2.79. The van der Waals surface area contributed by atoms with Crippen molar-refractivity contribution in [2.75, 3.05) is 0 Å². The van der Waals surface area contributed by atoms with Gasteiger partial charge in [-0.25, -0.2) is 0 Å². The van der Waals surface area contributed by atoms with Gasteiger partial charge in [-0.05, 0) is 22.6 Å². The molecule has 3 aromatic rings. The summed E-state index contributed by atoms with van der Waals surface area (Å²) >= 11 is 1.61. The fraction of sp³-hybridized carbons (Fsp3) is 0.200. The lowest BCUT2D eigenvalue weighted by Crippen LogP contribution is -2.15. The SMILES string of the molecule is c1csc(-c2nnc(CN3Cc4ccccc4C3)o2)c1. The molecule has 1 aromatic carbocycles. The highest BCUT2D eigenvalue weighted by molar-refractivity contribution is 7.13. The van der Waals surface area contributed by atoms with Crippen LogP contribution in [0.5, 0.6) is 0 Å². The minimum absolute atomic E-state index is 0.617. The van der Waals surface area contributed by atoms with Gasteiger partial charge in [0.1, 0.15) is 0 Å². The maximum atomic E-state index is 5.74. The van der Waals surface area contributed by atoms with Crippen molar-refractivity contribution in [2.24, 2.45) is 0 Å². The van der Waals surface area contributed by atoms with E-state index in [-0.39, 0.29) is 0 Å². The van der Waals surface area contributed by atoms with E-state index in [1.807, 2.05) is 17.5 Å². The van der Waals surface area contributed by atoms with Gasteiger partial charge in [-0.2, -0.15) is 0 Å². The van der Waals surface area contributed by atoms with Crippen LogP contribution in [-0.2, 0) is 19.6 Å². The number of aromatic nitrogens is 2. The third-order valence-electron chi connectivity index (χ3n) is 3.46. The van der Waals surface area contributed by atoms with Crippen molar-refractivity contribution < 1.29 is 4.42 Å². The van der Waals surface area contributed by atoms with Crippen molar-refractivity contribution in [3.05, 3.63) is 58.8 Å². The van der Waals surface area contributed by atoms with E-state index in [2.05, 4.69) is 39.4 Å². The van der Waals surface area contributed by atoms with Gasteiger partial charge in [0.25, 0.3) is 5.89 Å². The van der Waals surface area contributed by atoms with Crippen LogP contribution in [0.25, 0.3) is 10.8 Å². The molecule has 0 saturated carbocycles. The molecule has 4 rings (SSSR count). The number of hydrogen-bond donors (Lipinski definition) is 0. The summed E-state index contributed by atoms with van der Waals surface area (Å²) < 4.78 is 5.74. The first kappa shape index (κ1) is 11.8. The first-order valence-electron chi connectivity index (χ1n) is 6.54. The summed E-state index contributed by atoms with van der Waals surface area (Å²) in [7, 11) is 0. The standard InChI is InChI=1S/C15H13N3OS/c1-2-5-12-9-18(8-11(12)4-1)10-14-16-17-15(19-14)13-6-3-7-20-13/h1-7H,8-10H2. The molecule has 4 nitrogen and oxygen atoms in total. The molecule has 0 fully saturated rings. The Bertz CT molecular complexity index is 695. The summed E-state index contributed by atoms with van der Waals surface area (Å²) in [4.78, 5) is 3.34. The lowest BCUT2D eigenvalue weighted by molar-refractivity contribution is 0.246. The van der Waals surface area contributed by atoms with E-state index in [1.165, 1.54) is 11.1 Å². The molecular formula is C15H13N3OS. The third kappa shape index (κ3) is 2.15. The van der Waals surface area contributed by atoms with E-state index in [9.17, 15) is 0 Å². The molecule has 2 aromatic heterocycles. The molecule has 0 N–H and O–H groups in total. The second-order valence-corrected chi connectivity index (χ2v) is 5.84. The van der Waals surface area contributed by atoms with Gasteiger partial charge in [0.2, 0.25) is 5.89 Å².